The van der Waals surface area contributed by atoms with Crippen molar-refractivity contribution in [3.8, 4) is 0 Å². The quantitative estimate of drug-likeness (QED) is 0.908. The van der Waals surface area contributed by atoms with Gasteiger partial charge >= 0.3 is 6.18 Å². The smallest absolute Gasteiger partial charge is 0.335 e. The summed E-state index contributed by atoms with van der Waals surface area (Å²) in [6, 6.07) is 4.25. The van der Waals surface area contributed by atoms with Gasteiger partial charge in [-0.1, -0.05) is 13.8 Å². The topological polar surface area (TPSA) is 46.3 Å². The third-order valence-electron chi connectivity index (χ3n) is 3.87. The molecule has 1 aromatic carbocycles. The van der Waals surface area contributed by atoms with Crippen LogP contribution >= 0.6 is 0 Å². The molecular formula is C14H17F3N2O. The minimum absolute atomic E-state index is 0.249. The molecule has 2 rings (SSSR count). The van der Waals surface area contributed by atoms with Crippen molar-refractivity contribution in [3.63, 3.8) is 0 Å². The van der Waals surface area contributed by atoms with Gasteiger partial charge < -0.3 is 10.6 Å². The zero-order chi connectivity index (χ0) is 15.1. The number of halogens is 3. The number of alkyl halides is 3. The number of nitrogens with two attached hydrogens (primary N) is 1. The summed E-state index contributed by atoms with van der Waals surface area (Å²) < 4.78 is 37.3. The summed E-state index contributed by atoms with van der Waals surface area (Å²) in [6.45, 7) is 4.84. The van der Waals surface area contributed by atoms with Crippen LogP contribution in [0.2, 0.25) is 0 Å². The molecule has 0 unspecified atom stereocenters. The largest absolute Gasteiger partial charge is 0.416 e. The molecule has 3 nitrogen and oxygen atoms in total. The molecule has 0 aromatic heterocycles. The Labute approximate surface area is 115 Å². The molecule has 1 aliphatic heterocycles. The van der Waals surface area contributed by atoms with Crippen LogP contribution in [-0.4, -0.2) is 29.4 Å². The summed E-state index contributed by atoms with van der Waals surface area (Å²) >= 11 is 0. The lowest BCUT2D eigenvalue weighted by Gasteiger charge is -2.50. The van der Waals surface area contributed by atoms with E-state index in [1.165, 1.54) is 12.1 Å². The number of rotatable bonds is 2. The van der Waals surface area contributed by atoms with Crippen LogP contribution in [0.5, 0.6) is 0 Å². The minimum atomic E-state index is -4.39. The maximum absolute atomic E-state index is 12.4. The van der Waals surface area contributed by atoms with Gasteiger partial charge in [0.1, 0.15) is 0 Å². The van der Waals surface area contributed by atoms with Crippen LogP contribution in [0.15, 0.2) is 24.3 Å². The molecule has 0 aliphatic carbocycles. The number of hydrogen-bond acceptors (Lipinski definition) is 2. The Morgan fingerprint density at radius 1 is 1.25 bits per heavy atom. The van der Waals surface area contributed by atoms with E-state index in [4.69, 9.17) is 5.73 Å². The molecular weight excluding hydrogens is 269 g/mol. The molecule has 0 bridgehead atoms. The van der Waals surface area contributed by atoms with Gasteiger partial charge in [-0.05, 0) is 30.2 Å². The predicted molar refractivity (Wildman–Crippen MR) is 69.1 cm³/mol. The standard InChI is InChI=1S/C14H17F3N2O/c1-9(2)13(18)7-19(8-13)12(20)10-3-5-11(6-4-10)14(15,16)17/h3-6,9H,7-8,18H2,1-2H3. The van der Waals surface area contributed by atoms with Crippen LogP contribution in [0.1, 0.15) is 29.8 Å². The number of likely N-dealkylation sites (tertiary alicyclic amines) is 1. The fourth-order valence-corrected chi connectivity index (χ4v) is 2.16. The number of nitrogens with zero attached hydrogens (tertiary/aromatic N) is 1. The average Bonchev–Trinajstić information content (AvgIpc) is 2.33. The van der Waals surface area contributed by atoms with Crippen LogP contribution in [-0.2, 0) is 6.18 Å². The lowest BCUT2D eigenvalue weighted by Crippen LogP contribution is -2.71. The Bertz CT molecular complexity index is 502. The Balaban J connectivity index is 2.05. The second-order valence-corrected chi connectivity index (χ2v) is 5.62. The summed E-state index contributed by atoms with van der Waals surface area (Å²) in [5, 5.41) is 0. The van der Waals surface area contributed by atoms with Crippen LogP contribution in [0, 0.1) is 5.92 Å². The van der Waals surface area contributed by atoms with Crippen LogP contribution < -0.4 is 5.73 Å². The van der Waals surface area contributed by atoms with E-state index in [0.29, 0.717) is 13.1 Å². The number of carbonyl (C=O) groups excluding carboxylic acids is 1. The fourth-order valence-electron chi connectivity index (χ4n) is 2.16. The molecule has 1 heterocycles. The number of benzene rings is 1. The van der Waals surface area contributed by atoms with Crippen LogP contribution in [0.25, 0.3) is 0 Å². The molecule has 20 heavy (non-hydrogen) atoms. The summed E-state index contributed by atoms with van der Waals surface area (Å²) in [4.78, 5) is 13.6. The molecule has 0 saturated carbocycles. The molecule has 1 aromatic rings. The van der Waals surface area contributed by atoms with E-state index in [2.05, 4.69) is 0 Å². The van der Waals surface area contributed by atoms with Crippen molar-refractivity contribution < 1.29 is 18.0 Å². The van der Waals surface area contributed by atoms with Gasteiger partial charge in [-0.25, -0.2) is 0 Å². The van der Waals surface area contributed by atoms with Crippen LogP contribution in [0.4, 0.5) is 13.2 Å². The van der Waals surface area contributed by atoms with E-state index in [1.807, 2.05) is 13.8 Å². The van der Waals surface area contributed by atoms with Gasteiger partial charge in [-0.3, -0.25) is 4.79 Å². The molecule has 1 fully saturated rings. The lowest BCUT2D eigenvalue weighted by molar-refractivity contribution is -0.137. The number of carbonyl (C=O) groups is 1. The van der Waals surface area contributed by atoms with Crippen LogP contribution in [0.3, 0.4) is 0 Å². The SMILES string of the molecule is CC(C)C1(N)CN(C(=O)c2ccc(C(F)(F)F)cc2)C1. The van der Waals surface area contributed by atoms with E-state index in [-0.39, 0.29) is 22.9 Å². The summed E-state index contributed by atoms with van der Waals surface area (Å²) in [7, 11) is 0. The molecule has 0 atom stereocenters. The summed E-state index contributed by atoms with van der Waals surface area (Å²) in [5.41, 5.74) is 5.20. The zero-order valence-electron chi connectivity index (χ0n) is 11.4. The first-order valence-corrected chi connectivity index (χ1v) is 6.39. The highest BCUT2D eigenvalue weighted by Gasteiger charge is 2.44. The van der Waals surface area contributed by atoms with Crippen molar-refractivity contribution >= 4 is 5.91 Å². The highest BCUT2D eigenvalue weighted by Crippen LogP contribution is 2.30. The van der Waals surface area contributed by atoms with Gasteiger partial charge in [0, 0.05) is 18.7 Å². The molecule has 1 amide bonds. The number of hydrogen-bond donors (Lipinski definition) is 1. The molecule has 2 N–H and O–H groups in total. The van der Waals surface area contributed by atoms with Gasteiger partial charge in [-0.15, -0.1) is 0 Å². The lowest BCUT2D eigenvalue weighted by atomic mass is 9.80. The normalized spacial score (nSPS) is 18.1. The van der Waals surface area contributed by atoms with E-state index in [9.17, 15) is 18.0 Å². The van der Waals surface area contributed by atoms with Gasteiger partial charge in [0.05, 0.1) is 11.1 Å². The second-order valence-electron chi connectivity index (χ2n) is 5.62. The van der Waals surface area contributed by atoms with Crippen molar-refractivity contribution in [2.75, 3.05) is 13.1 Å². The third-order valence-corrected chi connectivity index (χ3v) is 3.87. The van der Waals surface area contributed by atoms with Gasteiger partial charge in [0.25, 0.3) is 5.91 Å². The number of amides is 1. The third kappa shape index (κ3) is 2.65. The van der Waals surface area contributed by atoms with Gasteiger partial charge in [0.2, 0.25) is 0 Å². The zero-order valence-corrected chi connectivity index (χ0v) is 11.4. The molecule has 0 radical (unpaired) electrons. The first kappa shape index (κ1) is 14.8. The summed E-state index contributed by atoms with van der Waals surface area (Å²) in [5.74, 6) is -0.0281. The van der Waals surface area contributed by atoms with E-state index in [1.54, 1.807) is 4.90 Å². The van der Waals surface area contributed by atoms with E-state index in [0.717, 1.165) is 12.1 Å². The van der Waals surface area contributed by atoms with Crippen molar-refractivity contribution in [2.24, 2.45) is 11.7 Å². The maximum atomic E-state index is 12.4. The minimum Gasteiger partial charge on any atom is -0.335 e. The van der Waals surface area contributed by atoms with E-state index < -0.39 is 11.7 Å². The first-order valence-electron chi connectivity index (χ1n) is 6.39. The highest BCUT2D eigenvalue weighted by atomic mass is 19.4. The Morgan fingerprint density at radius 3 is 2.15 bits per heavy atom. The highest BCUT2D eigenvalue weighted by molar-refractivity contribution is 5.95. The van der Waals surface area contributed by atoms with Gasteiger partial charge in [-0.2, -0.15) is 13.2 Å². The Morgan fingerprint density at radius 2 is 1.75 bits per heavy atom. The average molecular weight is 286 g/mol. The fraction of sp³-hybridized carbons (Fsp3) is 0.500. The van der Waals surface area contributed by atoms with E-state index >= 15 is 0 Å². The molecule has 1 aliphatic rings. The maximum Gasteiger partial charge on any atom is 0.416 e. The first-order chi connectivity index (χ1) is 9.13. The van der Waals surface area contributed by atoms with Crippen molar-refractivity contribution in [2.45, 2.75) is 25.6 Å². The molecule has 6 heteroatoms. The Hall–Kier alpha value is -1.56. The van der Waals surface area contributed by atoms with Gasteiger partial charge in [0.15, 0.2) is 0 Å². The summed E-state index contributed by atoms with van der Waals surface area (Å²) in [6.07, 6.45) is -4.39. The second kappa shape index (κ2) is 4.77. The molecule has 1 saturated heterocycles. The monoisotopic (exact) mass is 286 g/mol. The van der Waals surface area contributed by atoms with Crippen molar-refractivity contribution in [3.05, 3.63) is 35.4 Å². The Kier molecular flexibility index (Phi) is 3.54. The molecule has 0 spiro atoms. The van der Waals surface area contributed by atoms with Crippen molar-refractivity contribution in [1.82, 2.24) is 4.90 Å². The molecule has 110 valence electrons. The predicted octanol–water partition coefficient (Wildman–Crippen LogP) is 2.51. The van der Waals surface area contributed by atoms with Crippen molar-refractivity contribution in [1.29, 1.82) is 0 Å².